The van der Waals surface area contributed by atoms with E-state index in [9.17, 15) is 0 Å². The van der Waals surface area contributed by atoms with E-state index in [1.165, 1.54) is 21.8 Å². The quantitative estimate of drug-likeness (QED) is 0.812. The molecule has 1 aliphatic rings. The zero-order valence-corrected chi connectivity index (χ0v) is 15.2. The lowest BCUT2D eigenvalue weighted by Crippen LogP contribution is -3.13. The second-order valence-corrected chi connectivity index (χ2v) is 7.72. The van der Waals surface area contributed by atoms with Crippen LogP contribution in [0.1, 0.15) is 25.3 Å². The van der Waals surface area contributed by atoms with Gasteiger partial charge in [-0.1, -0.05) is 37.3 Å². The summed E-state index contributed by atoms with van der Waals surface area (Å²) in [4.78, 5) is 1.46. The molecule has 2 aromatic rings. The van der Waals surface area contributed by atoms with Crippen molar-refractivity contribution in [3.63, 3.8) is 0 Å². The molecule has 1 aromatic heterocycles. The molecule has 0 unspecified atom stereocenters. The van der Waals surface area contributed by atoms with Crippen LogP contribution in [-0.2, 0) is 11.4 Å². The van der Waals surface area contributed by atoms with Gasteiger partial charge in [0.15, 0.2) is 10.6 Å². The number of nitrogens with one attached hydrogen (secondary N) is 2. The van der Waals surface area contributed by atoms with Crippen molar-refractivity contribution < 1.29 is 9.64 Å². The molecule has 0 amide bonds. The molecular formula is C16H23N4OS2+. The molecule has 7 heteroatoms. The van der Waals surface area contributed by atoms with Gasteiger partial charge in [-0.3, -0.25) is 0 Å². The van der Waals surface area contributed by atoms with E-state index < -0.39 is 0 Å². The number of aromatic nitrogens is 2. The summed E-state index contributed by atoms with van der Waals surface area (Å²) in [5.74, 6) is 0.543. The number of quaternary nitrogens is 1. The zero-order chi connectivity index (χ0) is 16.2. The highest BCUT2D eigenvalue weighted by Crippen LogP contribution is 2.22. The second-order valence-electron chi connectivity index (χ2n) is 6.09. The lowest BCUT2D eigenvalue weighted by atomic mass is 10.0. The summed E-state index contributed by atoms with van der Waals surface area (Å²) < 4.78 is 8.12. The topological polar surface area (TPSA) is 43.5 Å². The monoisotopic (exact) mass is 351 g/mol. The number of benzene rings is 1. The van der Waals surface area contributed by atoms with Crippen LogP contribution in [0.25, 0.3) is 0 Å². The Balaban J connectivity index is 1.66. The molecule has 2 N–H and O–H groups in total. The van der Waals surface area contributed by atoms with Crippen molar-refractivity contribution in [2.45, 2.75) is 26.4 Å². The Bertz CT molecular complexity index is 687. The maximum atomic E-state index is 5.45. The number of hydrogen-bond acceptors (Lipinski definition) is 5. The van der Waals surface area contributed by atoms with E-state index in [2.05, 4.69) is 48.5 Å². The number of anilines is 2. The Labute approximate surface area is 145 Å². The maximum absolute atomic E-state index is 5.45. The van der Waals surface area contributed by atoms with Gasteiger partial charge >= 0.3 is 0 Å². The average molecular weight is 352 g/mol. The van der Waals surface area contributed by atoms with Crippen molar-refractivity contribution in [1.82, 2.24) is 9.78 Å². The highest BCUT2D eigenvalue weighted by Gasteiger charge is 2.16. The summed E-state index contributed by atoms with van der Waals surface area (Å²) >= 11 is 6.97. The van der Waals surface area contributed by atoms with Gasteiger partial charge in [-0.2, -0.15) is 4.68 Å². The summed E-state index contributed by atoms with van der Waals surface area (Å²) in [5, 5.41) is 8.82. The molecule has 1 aliphatic heterocycles. The van der Waals surface area contributed by atoms with E-state index in [1.807, 2.05) is 4.68 Å². The fourth-order valence-electron chi connectivity index (χ4n) is 2.56. The molecule has 0 bridgehead atoms. The smallest absolute Gasteiger partial charge is 0.209 e. The molecule has 0 atom stereocenters. The molecule has 1 aromatic carbocycles. The molecule has 0 spiro atoms. The number of nitrogens with zero attached hydrogens (tertiary/aromatic N) is 2. The Morgan fingerprint density at radius 1 is 1.30 bits per heavy atom. The normalized spacial score (nSPS) is 16.0. The molecule has 3 rings (SSSR count). The Morgan fingerprint density at radius 3 is 2.65 bits per heavy atom. The molecule has 2 heterocycles. The number of ether oxygens (including phenoxy) is 1. The summed E-state index contributed by atoms with van der Waals surface area (Å²) in [5.41, 5.74) is 2.38. The standard InChI is InChI=1S/C16H22N4OS2/c1-12(2)13-3-5-14(6-4-13)17-15-18-20(16(22)23-15)11-19-7-9-21-10-8-19/h3-6,12H,7-11H2,1-2H3,(H,17,18)/p+1. The van der Waals surface area contributed by atoms with Gasteiger partial charge in [0.2, 0.25) is 5.13 Å². The maximum Gasteiger partial charge on any atom is 0.209 e. The first kappa shape index (κ1) is 16.6. The highest BCUT2D eigenvalue weighted by molar-refractivity contribution is 7.73. The van der Waals surface area contributed by atoms with Gasteiger partial charge in [0, 0.05) is 5.69 Å². The predicted molar refractivity (Wildman–Crippen MR) is 96.3 cm³/mol. The van der Waals surface area contributed by atoms with Crippen molar-refractivity contribution in [2.75, 3.05) is 31.6 Å². The number of morpholine rings is 1. The molecule has 124 valence electrons. The van der Waals surface area contributed by atoms with Gasteiger partial charge in [-0.25, -0.2) is 0 Å². The Hall–Kier alpha value is -1.28. The van der Waals surface area contributed by atoms with Crippen LogP contribution in [0.4, 0.5) is 10.8 Å². The summed E-state index contributed by atoms with van der Waals surface area (Å²) in [6.45, 7) is 8.87. The zero-order valence-electron chi connectivity index (χ0n) is 13.5. The van der Waals surface area contributed by atoms with Crippen molar-refractivity contribution in [3.8, 4) is 0 Å². The van der Waals surface area contributed by atoms with Gasteiger partial charge in [-0.05, 0) is 35.8 Å². The van der Waals surface area contributed by atoms with Crippen LogP contribution in [0.5, 0.6) is 0 Å². The summed E-state index contributed by atoms with van der Waals surface area (Å²) in [7, 11) is 0. The minimum Gasteiger partial charge on any atom is -0.370 e. The molecule has 5 nitrogen and oxygen atoms in total. The lowest BCUT2D eigenvalue weighted by molar-refractivity contribution is -0.930. The first-order valence-electron chi connectivity index (χ1n) is 7.98. The summed E-state index contributed by atoms with van der Waals surface area (Å²) in [6, 6.07) is 8.50. The van der Waals surface area contributed by atoms with E-state index in [0.717, 1.165) is 47.7 Å². The van der Waals surface area contributed by atoms with Crippen molar-refractivity contribution in [1.29, 1.82) is 0 Å². The minimum atomic E-state index is 0.543. The third-order valence-corrected chi connectivity index (χ3v) is 5.23. The first-order chi connectivity index (χ1) is 11.1. The number of rotatable bonds is 5. The Morgan fingerprint density at radius 2 is 2.00 bits per heavy atom. The SMILES string of the molecule is CC(C)c1ccc(Nc2nn(C[NH+]3CCOCC3)c(=S)s2)cc1. The molecule has 0 aliphatic carbocycles. The highest BCUT2D eigenvalue weighted by atomic mass is 32.1. The third kappa shape index (κ3) is 4.38. The first-order valence-corrected chi connectivity index (χ1v) is 9.20. The van der Waals surface area contributed by atoms with E-state index in [0.29, 0.717) is 5.92 Å². The Kier molecular flexibility index (Phi) is 5.42. The van der Waals surface area contributed by atoms with Crippen LogP contribution in [-0.4, -0.2) is 36.1 Å². The molecule has 1 saturated heterocycles. The fraction of sp³-hybridized carbons (Fsp3) is 0.500. The van der Waals surface area contributed by atoms with Crippen LogP contribution in [0.2, 0.25) is 0 Å². The van der Waals surface area contributed by atoms with Crippen LogP contribution in [0, 0.1) is 3.95 Å². The minimum absolute atomic E-state index is 0.543. The molecule has 1 fully saturated rings. The largest absolute Gasteiger partial charge is 0.370 e. The molecule has 23 heavy (non-hydrogen) atoms. The average Bonchev–Trinajstić information content (AvgIpc) is 2.88. The van der Waals surface area contributed by atoms with Crippen LogP contribution in [0.15, 0.2) is 24.3 Å². The van der Waals surface area contributed by atoms with Gasteiger partial charge in [0.1, 0.15) is 13.1 Å². The lowest BCUT2D eigenvalue weighted by Gasteiger charge is -2.23. The van der Waals surface area contributed by atoms with Gasteiger partial charge in [-0.15, -0.1) is 5.10 Å². The predicted octanol–water partition coefficient (Wildman–Crippen LogP) is 2.41. The van der Waals surface area contributed by atoms with Gasteiger partial charge in [0.25, 0.3) is 0 Å². The molecular weight excluding hydrogens is 328 g/mol. The van der Waals surface area contributed by atoms with Crippen molar-refractivity contribution in [3.05, 3.63) is 33.8 Å². The third-order valence-electron chi connectivity index (χ3n) is 4.01. The molecule has 0 saturated carbocycles. The van der Waals surface area contributed by atoms with E-state index in [1.54, 1.807) is 0 Å². The van der Waals surface area contributed by atoms with E-state index >= 15 is 0 Å². The van der Waals surface area contributed by atoms with Crippen molar-refractivity contribution in [2.24, 2.45) is 0 Å². The fourth-order valence-corrected chi connectivity index (χ4v) is 3.59. The van der Waals surface area contributed by atoms with Crippen LogP contribution >= 0.6 is 23.6 Å². The van der Waals surface area contributed by atoms with Gasteiger partial charge < -0.3 is 15.0 Å². The van der Waals surface area contributed by atoms with E-state index in [-0.39, 0.29) is 0 Å². The van der Waals surface area contributed by atoms with E-state index in [4.69, 9.17) is 17.0 Å². The van der Waals surface area contributed by atoms with Gasteiger partial charge in [0.05, 0.1) is 13.2 Å². The van der Waals surface area contributed by atoms with Crippen molar-refractivity contribution >= 4 is 34.4 Å². The second kappa shape index (κ2) is 7.53. The summed E-state index contributed by atoms with van der Waals surface area (Å²) in [6.07, 6.45) is 0. The number of hydrogen-bond donors (Lipinski definition) is 2. The van der Waals surface area contributed by atoms with Crippen LogP contribution < -0.4 is 10.2 Å². The van der Waals surface area contributed by atoms with Crippen LogP contribution in [0.3, 0.4) is 0 Å². The molecule has 0 radical (unpaired) electrons.